The number of aliphatic hydroxyl groups is 5. The third kappa shape index (κ3) is 24.1. The summed E-state index contributed by atoms with van der Waals surface area (Å²) in [6, 6.07) is 0. The zero-order valence-electron chi connectivity index (χ0n) is 34.4. The summed E-state index contributed by atoms with van der Waals surface area (Å²) in [5.41, 5.74) is 0. The molecule has 4 saturated heterocycles. The van der Waals surface area contributed by atoms with Crippen molar-refractivity contribution in [2.45, 2.75) is 121 Å². The molecular formula is C31H55O27S3U-5. The molecule has 0 spiro atoms. The predicted molar refractivity (Wildman–Crippen MR) is 190 cm³/mol. The minimum atomic E-state index is -5.04. The van der Waals surface area contributed by atoms with E-state index in [1.165, 1.54) is 14.0 Å². The molecule has 0 radical (unpaired) electrons. The number of methoxy groups -OCH3 is 1. The van der Waals surface area contributed by atoms with E-state index in [4.69, 9.17) is 28.4 Å². The van der Waals surface area contributed by atoms with Crippen LogP contribution in [0.4, 0.5) is 0 Å². The largest absolute Gasteiger partial charge is 0.726 e. The average molecular weight is 1190 g/mol. The van der Waals surface area contributed by atoms with Gasteiger partial charge in [-0.25, -0.2) is 25.3 Å². The van der Waals surface area contributed by atoms with E-state index in [0.717, 1.165) is 12.8 Å². The molecule has 14 atom stereocenters. The van der Waals surface area contributed by atoms with E-state index in [-0.39, 0.29) is 68.9 Å². The molecule has 0 aromatic carbocycles. The molecular weight excluding hydrogens is 1140 g/mol. The molecule has 27 nitrogen and oxygen atoms in total. The first-order valence-corrected chi connectivity index (χ1v) is 22.4. The first kappa shape index (κ1) is 63.2. The van der Waals surface area contributed by atoms with Crippen molar-refractivity contribution < 1.29 is 156 Å². The molecule has 4 fully saturated rings. The fourth-order valence-corrected chi connectivity index (χ4v) is 6.54. The summed E-state index contributed by atoms with van der Waals surface area (Å²) in [4.78, 5) is 21.1. The molecule has 14 unspecified atom stereocenters. The number of carbonyl (C=O) groups is 2. The van der Waals surface area contributed by atoms with Crippen molar-refractivity contribution in [1.82, 2.24) is 0 Å². The predicted octanol–water partition coefficient (Wildman–Crippen LogP) is -6.86. The van der Waals surface area contributed by atoms with Crippen molar-refractivity contribution in [1.29, 1.82) is 0 Å². The first-order chi connectivity index (χ1) is 28.1. The molecule has 4 rings (SSSR count). The smallest absolute Gasteiger partial charge is 0.218 e. The number of ether oxygens (including phenoxy) is 6. The molecule has 0 bridgehead atoms. The fourth-order valence-electron chi connectivity index (χ4n) is 5.47. The maximum Gasteiger partial charge on any atom is 0.218 e. The van der Waals surface area contributed by atoms with Crippen molar-refractivity contribution in [2.75, 3.05) is 53.4 Å². The monoisotopic (exact) mass is 1190 g/mol. The van der Waals surface area contributed by atoms with E-state index < -0.39 is 130 Å². The van der Waals surface area contributed by atoms with Crippen LogP contribution in [0.5, 0.6) is 0 Å². The van der Waals surface area contributed by atoms with E-state index in [2.05, 4.69) is 12.5 Å². The minimum Gasteiger partial charge on any atom is -0.726 e. The minimum absolute atomic E-state index is 0. The molecule has 0 aromatic heterocycles. The SMILES string of the molecule is CC.CC1COC(COS(=O)(=O)[O-])C(O)C1O.CC1COC(COS(=O)(=O)[O-])C(O)C1O.CCOC1C(C(=O)[O-])OCC(OS(=O)(=O)[O-])C1O.COC1CCCOC1C(=O)[O-].[U]. The van der Waals surface area contributed by atoms with Gasteiger partial charge in [0.15, 0.2) is 0 Å². The van der Waals surface area contributed by atoms with Gasteiger partial charge in [0.05, 0.1) is 63.3 Å². The number of rotatable bonds is 13. The van der Waals surface area contributed by atoms with Gasteiger partial charge in [-0.1, -0.05) is 27.7 Å². The normalized spacial score (nSPS) is 33.7. The van der Waals surface area contributed by atoms with Crippen LogP contribution in [-0.4, -0.2) is 203 Å². The molecule has 0 amide bonds. The Morgan fingerprint density at radius 2 is 1.08 bits per heavy atom. The van der Waals surface area contributed by atoms with Crippen LogP contribution >= 0.6 is 0 Å². The van der Waals surface area contributed by atoms with Crippen LogP contribution in [-0.2, 0) is 81.8 Å². The van der Waals surface area contributed by atoms with Gasteiger partial charge in [-0.2, -0.15) is 0 Å². The molecule has 4 aliphatic rings. The Morgan fingerprint density at radius 3 is 1.42 bits per heavy atom. The Kier molecular flexibility index (Phi) is 31.1. The summed E-state index contributed by atoms with van der Waals surface area (Å²) in [5, 5.41) is 68.6. The molecule has 4 heterocycles. The summed E-state index contributed by atoms with van der Waals surface area (Å²) < 4.78 is 134. The fraction of sp³-hybridized carbons (Fsp3) is 0.935. The second-order valence-corrected chi connectivity index (χ2v) is 16.2. The Morgan fingerprint density at radius 1 is 0.645 bits per heavy atom. The summed E-state index contributed by atoms with van der Waals surface area (Å²) in [7, 11) is -13.2. The third-order valence-corrected chi connectivity index (χ3v) is 9.95. The maximum atomic E-state index is 10.7. The Labute approximate surface area is 383 Å². The van der Waals surface area contributed by atoms with Gasteiger partial charge in [-0.15, -0.1) is 0 Å². The van der Waals surface area contributed by atoms with Gasteiger partial charge in [0.2, 0.25) is 31.2 Å². The summed E-state index contributed by atoms with van der Waals surface area (Å²) in [5.74, 6) is -3.30. The van der Waals surface area contributed by atoms with Gasteiger partial charge in [-0.05, 0) is 19.8 Å². The zero-order chi connectivity index (χ0) is 47.5. The molecule has 31 heteroatoms. The number of carboxylic acid groups (broad SMARTS) is 2. The molecule has 0 aliphatic carbocycles. The summed E-state index contributed by atoms with van der Waals surface area (Å²) in [6.45, 7) is 8.01. The van der Waals surface area contributed by atoms with Gasteiger partial charge in [0.25, 0.3) is 0 Å². The number of aliphatic carboxylic acids is 2. The molecule has 0 saturated carbocycles. The van der Waals surface area contributed by atoms with Crippen LogP contribution in [0.25, 0.3) is 0 Å². The molecule has 368 valence electrons. The van der Waals surface area contributed by atoms with Crippen molar-refractivity contribution in [3.05, 3.63) is 0 Å². The summed E-state index contributed by atoms with van der Waals surface area (Å²) in [6.07, 6.45) is -12.3. The van der Waals surface area contributed by atoms with E-state index in [0.29, 0.717) is 6.61 Å². The van der Waals surface area contributed by atoms with Crippen LogP contribution in [0.15, 0.2) is 0 Å². The number of hydrogen-bond donors (Lipinski definition) is 5. The van der Waals surface area contributed by atoms with Gasteiger partial charge in [-0.3, -0.25) is 12.5 Å². The zero-order valence-corrected chi connectivity index (χ0v) is 41.0. The molecule has 5 N–H and O–H groups in total. The number of carbonyl (C=O) groups excluding carboxylic acids is 2. The van der Waals surface area contributed by atoms with E-state index >= 15 is 0 Å². The van der Waals surface area contributed by atoms with Gasteiger partial charge < -0.3 is 87.4 Å². The van der Waals surface area contributed by atoms with Crippen LogP contribution < -0.4 is 10.2 Å². The molecule has 62 heavy (non-hydrogen) atoms. The number of carboxylic acids is 2. The summed E-state index contributed by atoms with van der Waals surface area (Å²) >= 11 is 0. The second kappa shape index (κ2) is 30.4. The van der Waals surface area contributed by atoms with Crippen molar-refractivity contribution >= 4 is 43.1 Å². The third-order valence-electron chi connectivity index (χ3n) is 8.62. The molecule has 4 aliphatic heterocycles. The maximum absolute atomic E-state index is 10.7. The van der Waals surface area contributed by atoms with E-state index in [1.807, 2.05) is 13.8 Å². The van der Waals surface area contributed by atoms with E-state index in [9.17, 15) is 84.2 Å². The Hall–Kier alpha value is -0.838. The van der Waals surface area contributed by atoms with E-state index in [1.54, 1.807) is 13.8 Å². The van der Waals surface area contributed by atoms with Gasteiger partial charge in [0, 0.05) is 63.3 Å². The quantitative estimate of drug-likeness (QED) is 0.0845. The topological polar surface area (TPSA) is 436 Å². The van der Waals surface area contributed by atoms with Crippen molar-refractivity contribution in [3.63, 3.8) is 0 Å². The van der Waals surface area contributed by atoms with Gasteiger partial charge >= 0.3 is 0 Å². The Bertz CT molecular complexity index is 1540. The van der Waals surface area contributed by atoms with Gasteiger partial charge in [0.1, 0.15) is 54.9 Å². The Balaban J connectivity index is 0. The van der Waals surface area contributed by atoms with Crippen molar-refractivity contribution in [2.24, 2.45) is 11.8 Å². The van der Waals surface area contributed by atoms with Crippen molar-refractivity contribution in [3.8, 4) is 0 Å². The standard InChI is InChI=1S/C8H14O9S.2C7H14O7S.C7H12O4.C2H6.U/c1-2-15-6-5(9)4(17-18(12,13)14)3-16-7(6)8(10)11;2*1-4-2-13-5(7(9)6(4)8)3-14-15(10,11)12;1-10-5-3-2-4-11-6(5)7(8)9;1-2;/h4-7,9H,2-3H2,1H3,(H,10,11)(H,12,13,14);2*4-9H,2-3H2,1H3,(H,10,11,12);5-6H,2-4H2,1H3,(H,8,9);1-2H3;/p-5. The number of aliphatic hydroxyl groups excluding tert-OH is 5. The average Bonchev–Trinajstić information content (AvgIpc) is 3.17. The van der Waals surface area contributed by atoms with Crippen LogP contribution in [0.3, 0.4) is 0 Å². The second-order valence-electron chi connectivity index (χ2n) is 13.1. The van der Waals surface area contributed by atoms with Crippen LogP contribution in [0.1, 0.15) is 47.5 Å². The first-order valence-electron chi connectivity index (χ1n) is 18.4. The molecule has 0 aromatic rings. The number of hydrogen-bond acceptors (Lipinski definition) is 27. The van der Waals surface area contributed by atoms with Crippen LogP contribution in [0.2, 0.25) is 0 Å². The van der Waals surface area contributed by atoms with Crippen LogP contribution in [0, 0.1) is 42.9 Å².